The van der Waals surface area contributed by atoms with Gasteiger partial charge >= 0.3 is 0 Å². The number of benzene rings is 2. The van der Waals surface area contributed by atoms with Crippen LogP contribution in [0.15, 0.2) is 54.6 Å². The summed E-state index contributed by atoms with van der Waals surface area (Å²) >= 11 is 5.96. The minimum absolute atomic E-state index is 0.120. The van der Waals surface area contributed by atoms with Gasteiger partial charge in [0, 0.05) is 17.3 Å². The van der Waals surface area contributed by atoms with Gasteiger partial charge in [-0.15, -0.1) is 0 Å². The highest BCUT2D eigenvalue weighted by Crippen LogP contribution is 2.35. The lowest BCUT2D eigenvalue weighted by Gasteiger charge is -2.40. The number of nitrogens with one attached hydrogen (secondary N) is 1. The second kappa shape index (κ2) is 8.31. The molecule has 6 nitrogen and oxygen atoms in total. The average molecular weight is 375 g/mol. The van der Waals surface area contributed by atoms with Gasteiger partial charge in [-0.25, -0.2) is 0 Å². The Bertz CT molecular complexity index is 767. The quantitative estimate of drug-likeness (QED) is 0.838. The van der Waals surface area contributed by atoms with Crippen molar-refractivity contribution in [3.05, 3.63) is 65.2 Å². The molecule has 1 aliphatic rings. The highest BCUT2D eigenvalue weighted by atomic mass is 35.5. The van der Waals surface area contributed by atoms with Crippen molar-refractivity contribution in [3.63, 3.8) is 0 Å². The van der Waals surface area contributed by atoms with Crippen molar-refractivity contribution >= 4 is 29.1 Å². The lowest BCUT2D eigenvalue weighted by molar-refractivity contribution is -0.144. The Kier molecular flexibility index (Phi) is 5.88. The average Bonchev–Trinajstić information content (AvgIpc) is 2.67. The number of aliphatic hydroxyl groups is 1. The van der Waals surface area contributed by atoms with E-state index in [9.17, 15) is 9.59 Å². The van der Waals surface area contributed by atoms with Crippen molar-refractivity contribution in [3.8, 4) is 0 Å². The largest absolute Gasteiger partial charge is 0.395 e. The zero-order valence-electron chi connectivity index (χ0n) is 14.0. The monoisotopic (exact) mass is 374 g/mol. The number of aliphatic hydroxyl groups excluding tert-OH is 1. The van der Waals surface area contributed by atoms with E-state index in [2.05, 4.69) is 5.32 Å². The van der Waals surface area contributed by atoms with E-state index in [0.29, 0.717) is 10.7 Å². The first-order chi connectivity index (χ1) is 12.6. The predicted molar refractivity (Wildman–Crippen MR) is 98.0 cm³/mol. The second-order valence-corrected chi connectivity index (χ2v) is 6.28. The topological polar surface area (TPSA) is 78.9 Å². The molecule has 2 atom stereocenters. The lowest BCUT2D eigenvalue weighted by atomic mass is 9.96. The van der Waals surface area contributed by atoms with E-state index in [0.717, 1.165) is 5.56 Å². The van der Waals surface area contributed by atoms with E-state index in [-0.39, 0.29) is 31.6 Å². The van der Waals surface area contributed by atoms with E-state index in [1.807, 2.05) is 30.3 Å². The number of carbonyl (C=O) groups is 2. The van der Waals surface area contributed by atoms with Gasteiger partial charge in [0.15, 0.2) is 6.10 Å². The van der Waals surface area contributed by atoms with Gasteiger partial charge in [-0.3, -0.25) is 14.5 Å². The van der Waals surface area contributed by atoms with Crippen LogP contribution in [0.3, 0.4) is 0 Å². The number of morpholine rings is 1. The fraction of sp³-hybridized carbons (Fsp3) is 0.263. The van der Waals surface area contributed by atoms with E-state index in [1.54, 1.807) is 29.2 Å². The van der Waals surface area contributed by atoms with Crippen LogP contribution < -0.4 is 10.2 Å². The fourth-order valence-electron chi connectivity index (χ4n) is 2.99. The molecule has 3 rings (SSSR count). The zero-order valence-corrected chi connectivity index (χ0v) is 14.7. The SMILES string of the molecule is O=C(NCCO)[C@@H]1OCC(=O)N(c2ccc(Cl)cc2)[C@@H]1c1ccccc1. The molecule has 0 spiro atoms. The van der Waals surface area contributed by atoms with Crippen LogP contribution in [0.1, 0.15) is 11.6 Å². The van der Waals surface area contributed by atoms with Gasteiger partial charge in [-0.2, -0.15) is 0 Å². The maximum absolute atomic E-state index is 12.6. The first-order valence-electron chi connectivity index (χ1n) is 8.24. The molecule has 0 aliphatic carbocycles. The van der Waals surface area contributed by atoms with Gasteiger partial charge in [-0.05, 0) is 29.8 Å². The summed E-state index contributed by atoms with van der Waals surface area (Å²) in [7, 11) is 0. The Morgan fingerprint density at radius 1 is 1.19 bits per heavy atom. The van der Waals surface area contributed by atoms with E-state index >= 15 is 0 Å². The third-order valence-electron chi connectivity index (χ3n) is 4.14. The first-order valence-corrected chi connectivity index (χ1v) is 8.62. The number of anilines is 1. The highest BCUT2D eigenvalue weighted by molar-refractivity contribution is 6.30. The van der Waals surface area contributed by atoms with Crippen LogP contribution in [-0.2, 0) is 14.3 Å². The third kappa shape index (κ3) is 3.88. The molecular weight excluding hydrogens is 356 g/mol. The Morgan fingerprint density at radius 3 is 2.54 bits per heavy atom. The maximum atomic E-state index is 12.6. The molecule has 1 fully saturated rings. The molecule has 7 heteroatoms. The summed E-state index contributed by atoms with van der Waals surface area (Å²) in [6.45, 7) is -0.257. The highest BCUT2D eigenvalue weighted by Gasteiger charge is 2.42. The molecule has 0 aromatic heterocycles. The minimum Gasteiger partial charge on any atom is -0.395 e. The van der Waals surface area contributed by atoms with Gasteiger partial charge in [0.25, 0.3) is 11.8 Å². The normalized spacial score (nSPS) is 20.1. The van der Waals surface area contributed by atoms with Gasteiger partial charge < -0.3 is 15.2 Å². The van der Waals surface area contributed by atoms with E-state index in [1.165, 1.54) is 0 Å². The van der Waals surface area contributed by atoms with Gasteiger partial charge in [-0.1, -0.05) is 41.9 Å². The van der Waals surface area contributed by atoms with E-state index < -0.39 is 12.1 Å². The van der Waals surface area contributed by atoms with Crippen molar-refractivity contribution < 1.29 is 19.4 Å². The molecule has 136 valence electrons. The van der Waals surface area contributed by atoms with Crippen LogP contribution >= 0.6 is 11.6 Å². The summed E-state index contributed by atoms with van der Waals surface area (Å²) in [4.78, 5) is 26.8. The van der Waals surface area contributed by atoms with Crippen molar-refractivity contribution in [2.45, 2.75) is 12.1 Å². The summed E-state index contributed by atoms with van der Waals surface area (Å²) in [6, 6.07) is 15.5. The van der Waals surface area contributed by atoms with E-state index in [4.69, 9.17) is 21.4 Å². The number of nitrogens with zero attached hydrogens (tertiary/aromatic N) is 1. The van der Waals surface area contributed by atoms with Crippen LogP contribution in [0.4, 0.5) is 5.69 Å². The summed E-state index contributed by atoms with van der Waals surface area (Å²) in [5.74, 6) is -0.619. The van der Waals surface area contributed by atoms with Crippen molar-refractivity contribution in [1.82, 2.24) is 5.32 Å². The van der Waals surface area contributed by atoms with Crippen LogP contribution in [0, 0.1) is 0 Å². The summed E-state index contributed by atoms with van der Waals surface area (Å²) in [5.41, 5.74) is 1.41. The number of ether oxygens (including phenoxy) is 1. The minimum atomic E-state index is -0.891. The molecule has 0 unspecified atom stereocenters. The molecule has 2 N–H and O–H groups in total. The van der Waals surface area contributed by atoms with Crippen molar-refractivity contribution in [1.29, 1.82) is 0 Å². The third-order valence-corrected chi connectivity index (χ3v) is 4.39. The van der Waals surface area contributed by atoms with Crippen LogP contribution in [-0.4, -0.2) is 42.8 Å². The molecule has 2 aromatic carbocycles. The fourth-order valence-corrected chi connectivity index (χ4v) is 3.12. The molecule has 26 heavy (non-hydrogen) atoms. The van der Waals surface area contributed by atoms with Crippen molar-refractivity contribution in [2.75, 3.05) is 24.7 Å². The van der Waals surface area contributed by atoms with Gasteiger partial charge in [0.1, 0.15) is 6.61 Å². The van der Waals surface area contributed by atoms with Gasteiger partial charge in [0.2, 0.25) is 0 Å². The standard InChI is InChI=1S/C19H19ClN2O4/c20-14-6-8-15(9-7-14)22-16(24)12-26-18(19(25)21-10-11-23)17(22)13-4-2-1-3-5-13/h1-9,17-18,23H,10-12H2,(H,21,25)/t17-,18-/m1/s1. The van der Waals surface area contributed by atoms with Gasteiger partial charge in [0.05, 0.1) is 12.6 Å². The molecule has 0 saturated carbocycles. The van der Waals surface area contributed by atoms with Crippen molar-refractivity contribution in [2.24, 2.45) is 0 Å². The number of hydrogen-bond acceptors (Lipinski definition) is 4. The second-order valence-electron chi connectivity index (χ2n) is 5.84. The zero-order chi connectivity index (χ0) is 18.5. The summed E-state index contributed by atoms with van der Waals surface area (Å²) in [5, 5.41) is 12.1. The number of amides is 2. The molecular formula is C19H19ClN2O4. The smallest absolute Gasteiger partial charge is 0.253 e. The lowest BCUT2D eigenvalue weighted by Crippen LogP contribution is -2.55. The number of hydrogen-bond donors (Lipinski definition) is 2. The number of rotatable bonds is 5. The Labute approximate surface area is 156 Å². The van der Waals surface area contributed by atoms with Crippen LogP contribution in [0.2, 0.25) is 5.02 Å². The Hall–Kier alpha value is -2.41. The molecule has 2 aromatic rings. The Balaban J connectivity index is 2.02. The predicted octanol–water partition coefficient (Wildman–Crippen LogP) is 1.92. The molecule has 0 radical (unpaired) electrons. The first kappa shape index (κ1) is 18.4. The molecule has 2 amide bonds. The number of carbonyl (C=O) groups excluding carboxylic acids is 2. The van der Waals surface area contributed by atoms with Crippen LogP contribution in [0.5, 0.6) is 0 Å². The molecule has 1 saturated heterocycles. The number of halogens is 1. The van der Waals surface area contributed by atoms with Crippen LogP contribution in [0.25, 0.3) is 0 Å². The molecule has 1 heterocycles. The summed E-state index contributed by atoms with van der Waals surface area (Å²) in [6.07, 6.45) is -0.891. The summed E-state index contributed by atoms with van der Waals surface area (Å²) < 4.78 is 5.58. The molecule has 0 bridgehead atoms. The maximum Gasteiger partial charge on any atom is 0.253 e. The molecule has 1 aliphatic heterocycles. The Morgan fingerprint density at radius 2 is 1.88 bits per heavy atom.